The average Bonchev–Trinajstić information content (AvgIpc) is 2.39. The first kappa shape index (κ1) is 11.9. The van der Waals surface area contributed by atoms with E-state index in [-0.39, 0.29) is 18.0 Å². The molecule has 2 unspecified atom stereocenters. The molecule has 1 fully saturated rings. The third kappa shape index (κ3) is 2.22. The van der Waals surface area contributed by atoms with Crippen molar-refractivity contribution in [3.05, 3.63) is 29.6 Å². The fourth-order valence-corrected chi connectivity index (χ4v) is 2.88. The average molecular weight is 251 g/mol. The van der Waals surface area contributed by atoms with E-state index in [9.17, 15) is 4.39 Å². The molecule has 0 aromatic heterocycles. The van der Waals surface area contributed by atoms with Crippen LogP contribution in [0.25, 0.3) is 0 Å². The highest BCUT2D eigenvalue weighted by molar-refractivity contribution is 5.38. The molecule has 4 heteroatoms. The van der Waals surface area contributed by atoms with Gasteiger partial charge in [0.1, 0.15) is 17.7 Å². The van der Waals surface area contributed by atoms with Gasteiger partial charge in [0.05, 0.1) is 0 Å². The Hall–Kier alpha value is -1.13. The van der Waals surface area contributed by atoms with Gasteiger partial charge >= 0.3 is 0 Å². The molecule has 3 rings (SSSR count). The molecule has 0 aliphatic carbocycles. The largest absolute Gasteiger partial charge is 0.490 e. The van der Waals surface area contributed by atoms with E-state index in [2.05, 4.69) is 0 Å². The van der Waals surface area contributed by atoms with Gasteiger partial charge in [0.15, 0.2) is 0 Å². The standard InChI is InChI=1S/C14H18FNO2/c15-10-1-2-11-12(16)8-13(18-14(11)7-10)9-3-5-17-6-4-9/h1-2,7,9,12-13H,3-6,8,16H2. The van der Waals surface area contributed by atoms with Crippen LogP contribution in [0.1, 0.15) is 30.9 Å². The maximum absolute atomic E-state index is 13.3. The van der Waals surface area contributed by atoms with Gasteiger partial charge in [0, 0.05) is 43.2 Å². The van der Waals surface area contributed by atoms with Gasteiger partial charge in [-0.05, 0) is 18.9 Å². The summed E-state index contributed by atoms with van der Waals surface area (Å²) >= 11 is 0. The van der Waals surface area contributed by atoms with Gasteiger partial charge in [-0.25, -0.2) is 4.39 Å². The van der Waals surface area contributed by atoms with Gasteiger partial charge in [-0.1, -0.05) is 6.07 Å². The quantitative estimate of drug-likeness (QED) is 0.833. The Balaban J connectivity index is 1.81. The number of hydrogen-bond acceptors (Lipinski definition) is 3. The Morgan fingerprint density at radius 3 is 2.78 bits per heavy atom. The fraction of sp³-hybridized carbons (Fsp3) is 0.571. The highest BCUT2D eigenvalue weighted by atomic mass is 19.1. The summed E-state index contributed by atoms with van der Waals surface area (Å²) in [6.07, 6.45) is 2.91. The van der Waals surface area contributed by atoms with E-state index >= 15 is 0 Å². The van der Waals surface area contributed by atoms with Crippen LogP contribution in [0.3, 0.4) is 0 Å². The predicted molar refractivity (Wildman–Crippen MR) is 65.9 cm³/mol. The van der Waals surface area contributed by atoms with Crippen molar-refractivity contribution < 1.29 is 13.9 Å². The molecule has 0 bridgehead atoms. The molecule has 2 atom stereocenters. The second-order valence-corrected chi connectivity index (χ2v) is 5.13. The van der Waals surface area contributed by atoms with Gasteiger partial charge in [-0.2, -0.15) is 0 Å². The second-order valence-electron chi connectivity index (χ2n) is 5.13. The van der Waals surface area contributed by atoms with E-state index in [0.717, 1.165) is 38.0 Å². The van der Waals surface area contributed by atoms with E-state index < -0.39 is 0 Å². The molecular formula is C14H18FNO2. The minimum Gasteiger partial charge on any atom is -0.490 e. The molecule has 0 spiro atoms. The summed E-state index contributed by atoms with van der Waals surface area (Å²) in [7, 11) is 0. The zero-order chi connectivity index (χ0) is 12.5. The van der Waals surface area contributed by atoms with Crippen LogP contribution >= 0.6 is 0 Å². The first-order valence-electron chi connectivity index (χ1n) is 6.53. The zero-order valence-corrected chi connectivity index (χ0v) is 10.3. The van der Waals surface area contributed by atoms with Gasteiger partial charge in [0.2, 0.25) is 0 Å². The van der Waals surface area contributed by atoms with Crippen molar-refractivity contribution in [1.82, 2.24) is 0 Å². The maximum Gasteiger partial charge on any atom is 0.127 e. The molecule has 2 N–H and O–H groups in total. The van der Waals surface area contributed by atoms with Crippen LogP contribution in [0, 0.1) is 11.7 Å². The number of benzene rings is 1. The van der Waals surface area contributed by atoms with Crippen LogP contribution in [-0.4, -0.2) is 19.3 Å². The summed E-state index contributed by atoms with van der Waals surface area (Å²) in [4.78, 5) is 0. The molecule has 1 aromatic rings. The third-order valence-corrected chi connectivity index (χ3v) is 3.93. The third-order valence-electron chi connectivity index (χ3n) is 3.93. The van der Waals surface area contributed by atoms with Crippen LogP contribution in [0.4, 0.5) is 4.39 Å². The number of hydrogen-bond donors (Lipinski definition) is 1. The summed E-state index contributed by atoms with van der Waals surface area (Å²) in [6, 6.07) is 4.56. The van der Waals surface area contributed by atoms with Crippen LogP contribution in [0.15, 0.2) is 18.2 Å². The lowest BCUT2D eigenvalue weighted by Gasteiger charge is -2.36. The van der Waals surface area contributed by atoms with Crippen LogP contribution in [-0.2, 0) is 4.74 Å². The molecule has 1 saturated heterocycles. The lowest BCUT2D eigenvalue weighted by Crippen LogP contribution is -2.37. The van der Waals surface area contributed by atoms with E-state index in [4.69, 9.17) is 15.2 Å². The Bertz CT molecular complexity index is 432. The summed E-state index contributed by atoms with van der Waals surface area (Å²) in [5.41, 5.74) is 7.08. The van der Waals surface area contributed by atoms with Gasteiger partial charge in [0.25, 0.3) is 0 Å². The highest BCUT2D eigenvalue weighted by Crippen LogP contribution is 2.38. The van der Waals surface area contributed by atoms with Crippen LogP contribution in [0.5, 0.6) is 5.75 Å². The number of nitrogens with two attached hydrogens (primary N) is 1. The highest BCUT2D eigenvalue weighted by Gasteiger charge is 2.32. The lowest BCUT2D eigenvalue weighted by atomic mass is 9.86. The van der Waals surface area contributed by atoms with Gasteiger partial charge in [-0.3, -0.25) is 0 Å². The van der Waals surface area contributed by atoms with Gasteiger partial charge < -0.3 is 15.2 Å². The monoisotopic (exact) mass is 251 g/mol. The SMILES string of the molecule is NC1CC(C2CCOCC2)Oc2cc(F)ccc21. The topological polar surface area (TPSA) is 44.5 Å². The first-order valence-corrected chi connectivity index (χ1v) is 6.53. The van der Waals surface area contributed by atoms with Crippen molar-refractivity contribution in [3.63, 3.8) is 0 Å². The normalized spacial score (nSPS) is 28.6. The number of ether oxygens (including phenoxy) is 2. The molecule has 0 amide bonds. The van der Waals surface area contributed by atoms with Crippen LogP contribution < -0.4 is 10.5 Å². The molecule has 2 aliphatic heterocycles. The number of rotatable bonds is 1. The summed E-state index contributed by atoms with van der Waals surface area (Å²) in [5.74, 6) is 0.819. The minimum atomic E-state index is -0.270. The second kappa shape index (κ2) is 4.86. The predicted octanol–water partition coefficient (Wildman–Crippen LogP) is 2.40. The molecule has 0 saturated carbocycles. The molecular weight excluding hydrogens is 233 g/mol. The summed E-state index contributed by atoms with van der Waals surface area (Å²) < 4.78 is 24.6. The molecule has 18 heavy (non-hydrogen) atoms. The van der Waals surface area contributed by atoms with Crippen molar-refractivity contribution in [2.75, 3.05) is 13.2 Å². The molecule has 1 aromatic carbocycles. The van der Waals surface area contributed by atoms with Crippen molar-refractivity contribution >= 4 is 0 Å². The Labute approximate surface area is 106 Å². The Morgan fingerprint density at radius 2 is 2.00 bits per heavy atom. The summed E-state index contributed by atoms with van der Waals surface area (Å²) in [5, 5.41) is 0. The Kier molecular flexibility index (Phi) is 3.22. The van der Waals surface area contributed by atoms with Crippen molar-refractivity contribution in [2.24, 2.45) is 11.7 Å². The molecule has 2 aliphatic rings. The zero-order valence-electron chi connectivity index (χ0n) is 10.3. The first-order chi connectivity index (χ1) is 8.74. The van der Waals surface area contributed by atoms with E-state index in [1.54, 1.807) is 6.07 Å². The van der Waals surface area contributed by atoms with Crippen LogP contribution in [0.2, 0.25) is 0 Å². The number of fused-ring (bicyclic) bond motifs is 1. The van der Waals surface area contributed by atoms with Crippen molar-refractivity contribution in [3.8, 4) is 5.75 Å². The molecule has 0 radical (unpaired) electrons. The Morgan fingerprint density at radius 1 is 1.22 bits per heavy atom. The maximum atomic E-state index is 13.3. The molecule has 2 heterocycles. The van der Waals surface area contributed by atoms with E-state index in [1.165, 1.54) is 12.1 Å². The smallest absolute Gasteiger partial charge is 0.127 e. The van der Waals surface area contributed by atoms with E-state index in [1.807, 2.05) is 0 Å². The summed E-state index contributed by atoms with van der Waals surface area (Å²) in [6.45, 7) is 1.57. The number of halogens is 1. The van der Waals surface area contributed by atoms with Crippen molar-refractivity contribution in [2.45, 2.75) is 31.4 Å². The minimum absolute atomic E-state index is 0.0535. The van der Waals surface area contributed by atoms with E-state index in [0.29, 0.717) is 11.7 Å². The fourth-order valence-electron chi connectivity index (χ4n) is 2.88. The lowest BCUT2D eigenvalue weighted by molar-refractivity contribution is 0.00717. The van der Waals surface area contributed by atoms with Gasteiger partial charge in [-0.15, -0.1) is 0 Å². The molecule has 98 valence electrons. The molecule has 3 nitrogen and oxygen atoms in total. The van der Waals surface area contributed by atoms with Crippen molar-refractivity contribution in [1.29, 1.82) is 0 Å².